The van der Waals surface area contributed by atoms with Crippen LogP contribution in [0.2, 0.25) is 0 Å². The summed E-state index contributed by atoms with van der Waals surface area (Å²) >= 11 is -1.03. The van der Waals surface area contributed by atoms with Gasteiger partial charge in [0.05, 0.1) is 12.3 Å². The predicted molar refractivity (Wildman–Crippen MR) is 85.0 cm³/mol. The Morgan fingerprint density at radius 3 is 2.70 bits per heavy atom. The van der Waals surface area contributed by atoms with Gasteiger partial charge < -0.3 is 8.97 Å². The first-order valence-electron chi connectivity index (χ1n) is 7.04. The third-order valence-electron chi connectivity index (χ3n) is 3.32. The largest absolute Gasteiger partial charge is 0.598 e. The van der Waals surface area contributed by atoms with Crippen molar-refractivity contribution in [3.63, 3.8) is 0 Å². The minimum atomic E-state index is -1.03. The maximum absolute atomic E-state index is 12.2. The van der Waals surface area contributed by atoms with E-state index in [0.29, 0.717) is 0 Å². The Kier molecular flexibility index (Phi) is 4.78. The van der Waals surface area contributed by atoms with Crippen LogP contribution in [0.3, 0.4) is 0 Å². The molecule has 2 atom stereocenters. The predicted octanol–water partition coefficient (Wildman–Crippen LogP) is 3.81. The fourth-order valence-corrected chi connectivity index (χ4v) is 2.93. The van der Waals surface area contributed by atoms with Gasteiger partial charge in [0.25, 0.3) is 0 Å². The lowest BCUT2D eigenvalue weighted by Crippen LogP contribution is -2.45. The van der Waals surface area contributed by atoms with E-state index >= 15 is 0 Å². The van der Waals surface area contributed by atoms with Gasteiger partial charge in [0.1, 0.15) is 10.3 Å². The van der Waals surface area contributed by atoms with Crippen molar-refractivity contribution in [2.75, 3.05) is 0 Å². The highest BCUT2D eigenvalue weighted by Crippen LogP contribution is 2.20. The Morgan fingerprint density at radius 1 is 1.30 bits per heavy atom. The van der Waals surface area contributed by atoms with Crippen LogP contribution in [-0.2, 0) is 17.8 Å². The second-order valence-electron chi connectivity index (χ2n) is 6.10. The van der Waals surface area contributed by atoms with Crippen LogP contribution in [0.15, 0.2) is 34.9 Å². The summed E-state index contributed by atoms with van der Waals surface area (Å²) in [7, 11) is 0. The van der Waals surface area contributed by atoms with Crippen molar-refractivity contribution in [1.82, 2.24) is 4.72 Å². The summed E-state index contributed by atoms with van der Waals surface area (Å²) in [6.07, 6.45) is 3.53. The molecule has 0 fully saturated rings. The van der Waals surface area contributed by atoms with Gasteiger partial charge in [-0.1, -0.05) is 13.0 Å². The average molecular weight is 293 g/mol. The fraction of sp³-hybridized carbons (Fsp3) is 0.500. The molecule has 3 nitrogen and oxygen atoms in total. The number of fused-ring (bicyclic) bond motifs is 1. The van der Waals surface area contributed by atoms with Crippen molar-refractivity contribution < 1.29 is 8.97 Å². The Morgan fingerprint density at radius 2 is 2.05 bits per heavy atom. The molecule has 4 heteroatoms. The molecule has 1 N–H and O–H groups in total. The summed E-state index contributed by atoms with van der Waals surface area (Å²) < 4.78 is 20.5. The van der Waals surface area contributed by atoms with E-state index in [-0.39, 0.29) is 10.8 Å². The highest BCUT2D eigenvalue weighted by atomic mass is 32.2. The molecule has 0 amide bonds. The summed E-state index contributed by atoms with van der Waals surface area (Å²) in [6, 6.07) is 8.41. The van der Waals surface area contributed by atoms with Gasteiger partial charge in [-0.3, -0.25) is 0 Å². The van der Waals surface area contributed by atoms with E-state index in [9.17, 15) is 4.55 Å². The lowest BCUT2D eigenvalue weighted by molar-refractivity contribution is 0.510. The van der Waals surface area contributed by atoms with Gasteiger partial charge >= 0.3 is 0 Å². The molecule has 0 saturated heterocycles. The van der Waals surface area contributed by atoms with Crippen molar-refractivity contribution in [2.45, 2.75) is 51.3 Å². The van der Waals surface area contributed by atoms with E-state index in [1.165, 1.54) is 5.56 Å². The SMILES string of the molecule is CC[C@H](Cc1ccc2occc2c1)N[S@+]([O-])C(C)(C)C. The van der Waals surface area contributed by atoms with Gasteiger partial charge in [-0.25, -0.2) is 0 Å². The molecular weight excluding hydrogens is 270 g/mol. The van der Waals surface area contributed by atoms with E-state index in [4.69, 9.17) is 4.42 Å². The molecule has 2 rings (SSSR count). The van der Waals surface area contributed by atoms with Crippen molar-refractivity contribution in [3.8, 4) is 0 Å². The molecule has 0 radical (unpaired) electrons. The zero-order chi connectivity index (χ0) is 14.8. The second-order valence-corrected chi connectivity index (χ2v) is 8.10. The van der Waals surface area contributed by atoms with Crippen molar-refractivity contribution in [2.24, 2.45) is 0 Å². The maximum Gasteiger partial charge on any atom is 0.136 e. The zero-order valence-electron chi connectivity index (χ0n) is 12.6. The summed E-state index contributed by atoms with van der Waals surface area (Å²) in [4.78, 5) is 0. The molecule has 20 heavy (non-hydrogen) atoms. The van der Waals surface area contributed by atoms with Gasteiger partial charge in [0.2, 0.25) is 0 Å². The molecule has 1 heterocycles. The van der Waals surface area contributed by atoms with E-state index < -0.39 is 11.4 Å². The van der Waals surface area contributed by atoms with Gasteiger partial charge in [0.15, 0.2) is 0 Å². The van der Waals surface area contributed by atoms with E-state index in [1.54, 1.807) is 6.26 Å². The average Bonchev–Trinajstić information content (AvgIpc) is 2.84. The van der Waals surface area contributed by atoms with Crippen LogP contribution >= 0.6 is 0 Å². The molecule has 0 bridgehead atoms. The molecule has 0 aliphatic heterocycles. The quantitative estimate of drug-likeness (QED) is 0.853. The van der Waals surface area contributed by atoms with Crippen LogP contribution in [0, 0.1) is 0 Å². The monoisotopic (exact) mass is 293 g/mol. The molecule has 0 aliphatic carbocycles. The topological polar surface area (TPSA) is 48.2 Å². The summed E-state index contributed by atoms with van der Waals surface area (Å²) in [5, 5.41) is 1.12. The normalized spacial score (nSPS) is 15.4. The van der Waals surface area contributed by atoms with Crippen LogP contribution in [0.4, 0.5) is 0 Å². The van der Waals surface area contributed by atoms with Crippen LogP contribution < -0.4 is 4.72 Å². The molecule has 0 unspecified atom stereocenters. The first kappa shape index (κ1) is 15.4. The van der Waals surface area contributed by atoms with Gasteiger partial charge in [-0.15, -0.1) is 4.72 Å². The number of rotatable bonds is 5. The highest BCUT2D eigenvalue weighted by molar-refractivity contribution is 7.90. The summed E-state index contributed by atoms with van der Waals surface area (Å²) in [5.41, 5.74) is 2.15. The van der Waals surface area contributed by atoms with Crippen molar-refractivity contribution in [1.29, 1.82) is 0 Å². The van der Waals surface area contributed by atoms with Crippen LogP contribution in [0.1, 0.15) is 39.7 Å². The third-order valence-corrected chi connectivity index (χ3v) is 4.98. The zero-order valence-corrected chi connectivity index (χ0v) is 13.4. The lowest BCUT2D eigenvalue weighted by Gasteiger charge is -2.27. The lowest BCUT2D eigenvalue weighted by atomic mass is 10.0. The minimum absolute atomic E-state index is 0.222. The molecule has 2 aromatic rings. The minimum Gasteiger partial charge on any atom is -0.598 e. The van der Waals surface area contributed by atoms with Crippen molar-refractivity contribution >= 4 is 22.3 Å². The molecular formula is C16H23NO2S. The Hall–Kier alpha value is -0.970. The van der Waals surface area contributed by atoms with Crippen molar-refractivity contribution in [3.05, 3.63) is 36.1 Å². The number of hydrogen-bond acceptors (Lipinski definition) is 3. The molecule has 110 valence electrons. The van der Waals surface area contributed by atoms with Gasteiger partial charge in [-0.2, -0.15) is 0 Å². The van der Waals surface area contributed by atoms with Gasteiger partial charge in [0, 0.05) is 16.7 Å². The summed E-state index contributed by atoms with van der Waals surface area (Å²) in [5.74, 6) is 0. The Bertz CT molecular complexity index is 559. The molecule has 0 spiro atoms. The Labute approximate surface area is 124 Å². The fourth-order valence-electron chi connectivity index (χ4n) is 2.03. The molecule has 1 aromatic heterocycles. The Balaban J connectivity index is 2.05. The summed E-state index contributed by atoms with van der Waals surface area (Å²) in [6.45, 7) is 8.08. The third kappa shape index (κ3) is 3.78. The maximum atomic E-state index is 12.2. The van der Waals surface area contributed by atoms with Crippen LogP contribution in [0.5, 0.6) is 0 Å². The molecule has 1 aromatic carbocycles. The second kappa shape index (κ2) is 6.20. The van der Waals surface area contributed by atoms with Crippen LogP contribution in [0.25, 0.3) is 11.0 Å². The van der Waals surface area contributed by atoms with E-state index in [0.717, 1.165) is 23.8 Å². The highest BCUT2D eigenvalue weighted by Gasteiger charge is 2.28. The van der Waals surface area contributed by atoms with E-state index in [1.807, 2.05) is 32.9 Å². The standard InChI is InChI=1S/C16H23NO2S/c1-5-14(17-20(18)16(2,3)4)11-12-6-7-15-13(10-12)8-9-19-15/h6-10,14,17H,5,11H2,1-4H3/t14-,20-/m1/s1. The first-order valence-corrected chi connectivity index (χ1v) is 8.19. The van der Waals surface area contributed by atoms with Crippen LogP contribution in [-0.4, -0.2) is 15.3 Å². The number of furan rings is 1. The van der Waals surface area contributed by atoms with Gasteiger partial charge in [-0.05, 0) is 57.4 Å². The number of hydrogen-bond donors (Lipinski definition) is 1. The van der Waals surface area contributed by atoms with E-state index in [2.05, 4.69) is 23.8 Å². The number of nitrogens with one attached hydrogen (secondary N) is 1. The number of benzene rings is 1. The molecule has 0 saturated carbocycles. The first-order chi connectivity index (χ1) is 9.40. The smallest absolute Gasteiger partial charge is 0.136 e. The molecule has 0 aliphatic rings.